The second-order valence-electron chi connectivity index (χ2n) is 3.92. The summed E-state index contributed by atoms with van der Waals surface area (Å²) >= 11 is 0. The summed E-state index contributed by atoms with van der Waals surface area (Å²) < 4.78 is 15.7. The zero-order chi connectivity index (χ0) is 13.7. The van der Waals surface area contributed by atoms with E-state index < -0.39 is 0 Å². The van der Waals surface area contributed by atoms with Crippen LogP contribution < -0.4 is 19.9 Å². The van der Waals surface area contributed by atoms with Gasteiger partial charge in [0.1, 0.15) is 12.4 Å². The molecule has 5 heteroatoms. The van der Waals surface area contributed by atoms with Crippen LogP contribution in [0.5, 0.6) is 17.5 Å². The molecule has 0 aliphatic rings. The van der Waals surface area contributed by atoms with Crippen molar-refractivity contribution in [2.45, 2.75) is 6.61 Å². The normalized spacial score (nSPS) is 10.0. The fourth-order valence-corrected chi connectivity index (χ4v) is 1.56. The summed E-state index contributed by atoms with van der Waals surface area (Å²) in [5.74, 6) is 1.69. The summed E-state index contributed by atoms with van der Waals surface area (Å²) in [4.78, 5) is 4.15. The molecular weight excluding hydrogens is 244 g/mol. The average molecular weight is 260 g/mol. The average Bonchev–Trinajstić information content (AvgIpc) is 2.45. The number of aromatic nitrogens is 1. The van der Waals surface area contributed by atoms with Gasteiger partial charge in [0.05, 0.1) is 14.2 Å². The number of pyridine rings is 1. The Kier molecular flexibility index (Phi) is 4.07. The molecule has 2 rings (SSSR count). The first kappa shape index (κ1) is 13.0. The van der Waals surface area contributed by atoms with Crippen LogP contribution in [0.4, 0.5) is 5.69 Å². The van der Waals surface area contributed by atoms with Gasteiger partial charge in [0.2, 0.25) is 11.8 Å². The molecule has 100 valence electrons. The van der Waals surface area contributed by atoms with Gasteiger partial charge >= 0.3 is 0 Å². The zero-order valence-corrected chi connectivity index (χ0v) is 10.9. The molecule has 1 heterocycles. The predicted molar refractivity (Wildman–Crippen MR) is 72.5 cm³/mol. The maximum atomic E-state index is 5.73. The van der Waals surface area contributed by atoms with E-state index in [1.54, 1.807) is 19.2 Å². The molecule has 0 spiro atoms. The molecule has 0 aliphatic carbocycles. The van der Waals surface area contributed by atoms with E-state index in [1.165, 1.54) is 7.11 Å². The fraction of sp³-hybridized carbons (Fsp3) is 0.214. The van der Waals surface area contributed by atoms with Crippen LogP contribution in [0, 0.1) is 0 Å². The van der Waals surface area contributed by atoms with Crippen LogP contribution in [0.15, 0.2) is 36.4 Å². The number of benzene rings is 1. The van der Waals surface area contributed by atoms with E-state index >= 15 is 0 Å². The monoisotopic (exact) mass is 260 g/mol. The number of nitrogens with zero attached hydrogens (tertiary/aromatic N) is 1. The molecule has 5 nitrogen and oxygen atoms in total. The molecule has 1 aromatic carbocycles. The van der Waals surface area contributed by atoms with Gasteiger partial charge in [-0.1, -0.05) is 12.1 Å². The summed E-state index contributed by atoms with van der Waals surface area (Å²) in [7, 11) is 3.17. The molecule has 19 heavy (non-hydrogen) atoms. The molecule has 0 unspecified atom stereocenters. The largest absolute Gasteiger partial charge is 0.497 e. The quantitative estimate of drug-likeness (QED) is 0.893. The molecule has 0 saturated carbocycles. The van der Waals surface area contributed by atoms with Crippen LogP contribution >= 0.6 is 0 Å². The lowest BCUT2D eigenvalue weighted by Crippen LogP contribution is -2.00. The van der Waals surface area contributed by atoms with Gasteiger partial charge < -0.3 is 19.9 Å². The molecule has 0 aliphatic heterocycles. The topological polar surface area (TPSA) is 66.6 Å². The zero-order valence-electron chi connectivity index (χ0n) is 10.9. The van der Waals surface area contributed by atoms with E-state index in [-0.39, 0.29) is 0 Å². The SMILES string of the molecule is COc1ccc(COc2cc(N)cc(OC)n2)cc1. The maximum Gasteiger partial charge on any atom is 0.218 e. The highest BCUT2D eigenvalue weighted by Crippen LogP contribution is 2.20. The maximum absolute atomic E-state index is 5.73. The standard InChI is InChI=1S/C14H16N2O3/c1-17-12-5-3-10(4-6-12)9-19-14-8-11(15)7-13(16-14)18-2/h3-8H,9H2,1-2H3,(H2,15,16). The Morgan fingerprint density at radius 1 is 1.00 bits per heavy atom. The first-order valence-corrected chi connectivity index (χ1v) is 5.78. The number of nitrogen functional groups attached to an aromatic ring is 1. The third kappa shape index (κ3) is 3.51. The van der Waals surface area contributed by atoms with Gasteiger partial charge in [-0.05, 0) is 17.7 Å². The Bertz CT molecular complexity index is 541. The Morgan fingerprint density at radius 3 is 2.32 bits per heavy atom. The molecule has 0 atom stereocenters. The number of ether oxygens (including phenoxy) is 3. The second-order valence-corrected chi connectivity index (χ2v) is 3.92. The van der Waals surface area contributed by atoms with Crippen molar-refractivity contribution in [1.29, 1.82) is 0 Å². The Hall–Kier alpha value is -2.43. The summed E-state index contributed by atoms with van der Waals surface area (Å²) in [6.45, 7) is 0.406. The minimum atomic E-state index is 0.406. The van der Waals surface area contributed by atoms with Gasteiger partial charge in [-0.3, -0.25) is 0 Å². The van der Waals surface area contributed by atoms with Crippen LogP contribution in [-0.4, -0.2) is 19.2 Å². The number of rotatable bonds is 5. The minimum Gasteiger partial charge on any atom is -0.497 e. The molecule has 0 radical (unpaired) electrons. The lowest BCUT2D eigenvalue weighted by Gasteiger charge is -2.08. The third-order valence-corrected chi connectivity index (χ3v) is 2.56. The van der Waals surface area contributed by atoms with Crippen molar-refractivity contribution in [2.24, 2.45) is 0 Å². The van der Waals surface area contributed by atoms with Crippen molar-refractivity contribution >= 4 is 5.69 Å². The molecular formula is C14H16N2O3. The fourth-order valence-electron chi connectivity index (χ4n) is 1.56. The molecule has 2 N–H and O–H groups in total. The highest BCUT2D eigenvalue weighted by atomic mass is 16.5. The van der Waals surface area contributed by atoms with Crippen LogP contribution in [0.3, 0.4) is 0 Å². The van der Waals surface area contributed by atoms with Crippen molar-refractivity contribution in [3.63, 3.8) is 0 Å². The van der Waals surface area contributed by atoms with Crippen LogP contribution in [0.25, 0.3) is 0 Å². The van der Waals surface area contributed by atoms with Crippen molar-refractivity contribution in [3.05, 3.63) is 42.0 Å². The van der Waals surface area contributed by atoms with Crippen LogP contribution in [0.1, 0.15) is 5.56 Å². The molecule has 2 aromatic rings. The number of nitrogens with two attached hydrogens (primary N) is 1. The minimum absolute atomic E-state index is 0.406. The van der Waals surface area contributed by atoms with Gasteiger partial charge in [-0.2, -0.15) is 4.98 Å². The lowest BCUT2D eigenvalue weighted by molar-refractivity contribution is 0.287. The molecule has 0 saturated heterocycles. The number of hydrogen-bond donors (Lipinski definition) is 1. The summed E-state index contributed by atoms with van der Waals surface area (Å²) in [5.41, 5.74) is 7.30. The lowest BCUT2D eigenvalue weighted by atomic mass is 10.2. The highest BCUT2D eigenvalue weighted by Gasteiger charge is 2.03. The molecule has 0 amide bonds. The van der Waals surface area contributed by atoms with Gasteiger partial charge in [-0.25, -0.2) is 0 Å². The van der Waals surface area contributed by atoms with E-state index in [1.807, 2.05) is 24.3 Å². The van der Waals surface area contributed by atoms with Crippen molar-refractivity contribution < 1.29 is 14.2 Å². The van der Waals surface area contributed by atoms with E-state index in [0.717, 1.165) is 11.3 Å². The Labute approximate surface area is 111 Å². The van der Waals surface area contributed by atoms with E-state index in [9.17, 15) is 0 Å². The van der Waals surface area contributed by atoms with Gasteiger partial charge in [0, 0.05) is 17.8 Å². The van der Waals surface area contributed by atoms with Gasteiger partial charge in [0.25, 0.3) is 0 Å². The number of methoxy groups -OCH3 is 2. The molecule has 0 bridgehead atoms. The highest BCUT2D eigenvalue weighted by molar-refractivity contribution is 5.44. The first-order chi connectivity index (χ1) is 9.21. The van der Waals surface area contributed by atoms with E-state index in [0.29, 0.717) is 24.1 Å². The van der Waals surface area contributed by atoms with Gasteiger partial charge in [-0.15, -0.1) is 0 Å². The summed E-state index contributed by atoms with van der Waals surface area (Å²) in [6, 6.07) is 10.9. The van der Waals surface area contributed by atoms with Gasteiger partial charge in [0.15, 0.2) is 0 Å². The first-order valence-electron chi connectivity index (χ1n) is 5.78. The molecule has 1 aromatic heterocycles. The van der Waals surface area contributed by atoms with Crippen LogP contribution in [0.2, 0.25) is 0 Å². The second kappa shape index (κ2) is 5.95. The van der Waals surface area contributed by atoms with Crippen molar-refractivity contribution in [2.75, 3.05) is 20.0 Å². The molecule has 0 fully saturated rings. The Morgan fingerprint density at radius 2 is 1.68 bits per heavy atom. The predicted octanol–water partition coefficient (Wildman–Crippen LogP) is 2.26. The number of anilines is 1. The van der Waals surface area contributed by atoms with Crippen molar-refractivity contribution in [1.82, 2.24) is 4.98 Å². The van der Waals surface area contributed by atoms with Crippen molar-refractivity contribution in [3.8, 4) is 17.5 Å². The third-order valence-electron chi connectivity index (χ3n) is 2.56. The van der Waals surface area contributed by atoms with Crippen LogP contribution in [-0.2, 0) is 6.61 Å². The smallest absolute Gasteiger partial charge is 0.218 e. The number of hydrogen-bond acceptors (Lipinski definition) is 5. The van der Waals surface area contributed by atoms with E-state index in [2.05, 4.69) is 4.98 Å². The summed E-state index contributed by atoms with van der Waals surface area (Å²) in [5, 5.41) is 0. The van der Waals surface area contributed by atoms with E-state index in [4.69, 9.17) is 19.9 Å². The Balaban J connectivity index is 2.03. The summed E-state index contributed by atoms with van der Waals surface area (Å²) in [6.07, 6.45) is 0.